The number of carbonyl (C=O) groups is 1. The van der Waals surface area contributed by atoms with Gasteiger partial charge in [-0.1, -0.05) is 24.3 Å². The molecule has 1 heterocycles. The molecular formula is C18H18FNO3. The predicted octanol–water partition coefficient (Wildman–Crippen LogP) is 3.52. The molecule has 0 radical (unpaired) electrons. The van der Waals surface area contributed by atoms with Crippen molar-refractivity contribution in [1.29, 1.82) is 0 Å². The van der Waals surface area contributed by atoms with Crippen LogP contribution in [0, 0.1) is 11.7 Å². The minimum Gasteiger partial charge on any atom is -0.481 e. The van der Waals surface area contributed by atoms with Gasteiger partial charge in [0.15, 0.2) is 11.6 Å². The lowest BCUT2D eigenvalue weighted by Gasteiger charge is -2.16. The topological polar surface area (TPSA) is 49.8 Å². The summed E-state index contributed by atoms with van der Waals surface area (Å²) < 4.78 is 19.5. The van der Waals surface area contributed by atoms with Gasteiger partial charge in [-0.25, -0.2) is 4.39 Å². The van der Waals surface area contributed by atoms with Crippen molar-refractivity contribution in [3.63, 3.8) is 0 Å². The van der Waals surface area contributed by atoms with Gasteiger partial charge >= 0.3 is 5.97 Å². The third-order valence-electron chi connectivity index (χ3n) is 3.99. The summed E-state index contributed by atoms with van der Waals surface area (Å²) in [6.07, 6.45) is 0.657. The van der Waals surface area contributed by atoms with Crippen molar-refractivity contribution in [3.8, 4) is 11.5 Å². The smallest absolute Gasteiger partial charge is 0.307 e. The third-order valence-corrected chi connectivity index (χ3v) is 3.99. The molecule has 3 rings (SSSR count). The molecule has 1 atom stereocenters. The molecular weight excluding hydrogens is 297 g/mol. The normalized spacial score (nSPS) is 18.0. The van der Waals surface area contributed by atoms with Crippen LogP contribution in [0.4, 0.5) is 4.39 Å². The highest BCUT2D eigenvalue weighted by Crippen LogP contribution is 2.27. The number of nitrogens with zero attached hydrogens (tertiary/aromatic N) is 1. The van der Waals surface area contributed by atoms with Crippen molar-refractivity contribution < 1.29 is 19.0 Å². The molecule has 0 amide bonds. The van der Waals surface area contributed by atoms with Gasteiger partial charge in [0, 0.05) is 13.1 Å². The molecule has 1 aliphatic rings. The van der Waals surface area contributed by atoms with Crippen molar-refractivity contribution in [2.75, 3.05) is 13.1 Å². The molecule has 120 valence electrons. The van der Waals surface area contributed by atoms with E-state index in [1.165, 1.54) is 6.07 Å². The Balaban J connectivity index is 1.69. The van der Waals surface area contributed by atoms with E-state index >= 15 is 0 Å². The highest BCUT2D eigenvalue weighted by molar-refractivity contribution is 5.70. The van der Waals surface area contributed by atoms with Crippen molar-refractivity contribution in [1.82, 2.24) is 4.90 Å². The molecule has 0 bridgehead atoms. The Labute approximate surface area is 134 Å². The zero-order valence-electron chi connectivity index (χ0n) is 12.6. The van der Waals surface area contributed by atoms with Crippen molar-refractivity contribution >= 4 is 5.97 Å². The monoisotopic (exact) mass is 315 g/mol. The van der Waals surface area contributed by atoms with Crippen LogP contribution in [0.2, 0.25) is 0 Å². The maximum absolute atomic E-state index is 13.9. The van der Waals surface area contributed by atoms with Gasteiger partial charge in [-0.05, 0) is 42.8 Å². The number of hydrogen-bond donors (Lipinski definition) is 1. The molecule has 1 unspecified atom stereocenters. The summed E-state index contributed by atoms with van der Waals surface area (Å²) in [5.41, 5.74) is 0.906. The number of ether oxygens (including phenoxy) is 1. The fourth-order valence-electron chi connectivity index (χ4n) is 2.78. The van der Waals surface area contributed by atoms with Crippen molar-refractivity contribution in [3.05, 3.63) is 59.9 Å². The zero-order chi connectivity index (χ0) is 16.2. The quantitative estimate of drug-likeness (QED) is 0.917. The Hall–Kier alpha value is -2.40. The van der Waals surface area contributed by atoms with E-state index in [2.05, 4.69) is 4.90 Å². The molecule has 0 aromatic heterocycles. The summed E-state index contributed by atoms with van der Waals surface area (Å²) in [6, 6.07) is 13.8. The van der Waals surface area contributed by atoms with E-state index in [0.29, 0.717) is 25.3 Å². The fourth-order valence-corrected chi connectivity index (χ4v) is 2.78. The van der Waals surface area contributed by atoms with Crippen molar-refractivity contribution in [2.24, 2.45) is 5.92 Å². The molecule has 0 saturated carbocycles. The average Bonchev–Trinajstić information content (AvgIpc) is 3.00. The second-order valence-corrected chi connectivity index (χ2v) is 5.74. The van der Waals surface area contributed by atoms with E-state index in [1.54, 1.807) is 24.3 Å². The van der Waals surface area contributed by atoms with Gasteiger partial charge in [0.05, 0.1) is 5.92 Å². The summed E-state index contributed by atoms with van der Waals surface area (Å²) in [5.74, 6) is -0.712. The Morgan fingerprint density at radius 2 is 2.04 bits per heavy atom. The number of benzene rings is 2. The first-order valence-electron chi connectivity index (χ1n) is 7.58. The molecule has 1 aliphatic heterocycles. The van der Waals surface area contributed by atoms with E-state index < -0.39 is 11.8 Å². The Morgan fingerprint density at radius 1 is 1.26 bits per heavy atom. The van der Waals surface area contributed by atoms with Crippen LogP contribution in [0.1, 0.15) is 12.0 Å². The molecule has 5 heteroatoms. The molecule has 4 nitrogen and oxygen atoms in total. The summed E-state index contributed by atoms with van der Waals surface area (Å²) in [6.45, 7) is 1.86. The molecule has 1 saturated heterocycles. The number of carboxylic acid groups (broad SMARTS) is 1. The first-order chi connectivity index (χ1) is 11.1. The predicted molar refractivity (Wildman–Crippen MR) is 83.9 cm³/mol. The largest absolute Gasteiger partial charge is 0.481 e. The Kier molecular flexibility index (Phi) is 4.57. The molecule has 1 fully saturated rings. The second kappa shape index (κ2) is 6.79. The van der Waals surface area contributed by atoms with E-state index in [4.69, 9.17) is 9.84 Å². The first kappa shape index (κ1) is 15.5. The van der Waals surface area contributed by atoms with Gasteiger partial charge in [0.25, 0.3) is 0 Å². The Morgan fingerprint density at radius 3 is 2.74 bits per heavy atom. The van der Waals surface area contributed by atoms with Crippen LogP contribution in [0.15, 0.2) is 48.5 Å². The standard InChI is InChI=1S/C18H18FNO3/c19-16-7-6-13(11-20-9-8-14(12-20)18(21)22)10-17(16)23-15-4-2-1-3-5-15/h1-7,10,14H,8-9,11-12H2,(H,21,22). The van der Waals surface area contributed by atoms with E-state index in [0.717, 1.165) is 12.1 Å². The van der Waals surface area contributed by atoms with Crippen LogP contribution in [-0.2, 0) is 11.3 Å². The van der Waals surface area contributed by atoms with Crippen LogP contribution in [0.25, 0.3) is 0 Å². The highest BCUT2D eigenvalue weighted by Gasteiger charge is 2.27. The molecule has 2 aromatic carbocycles. The van der Waals surface area contributed by atoms with Gasteiger partial charge < -0.3 is 9.84 Å². The third kappa shape index (κ3) is 3.87. The van der Waals surface area contributed by atoms with Gasteiger partial charge in [-0.15, -0.1) is 0 Å². The number of carboxylic acids is 1. The lowest BCUT2D eigenvalue weighted by atomic mass is 10.1. The van der Waals surface area contributed by atoms with Gasteiger partial charge in [-0.2, -0.15) is 0 Å². The van der Waals surface area contributed by atoms with Gasteiger partial charge in [-0.3, -0.25) is 9.69 Å². The van der Waals surface area contributed by atoms with E-state index in [-0.39, 0.29) is 11.7 Å². The number of hydrogen-bond acceptors (Lipinski definition) is 3. The van der Waals surface area contributed by atoms with Crippen LogP contribution in [0.5, 0.6) is 11.5 Å². The number of aliphatic carboxylic acids is 1. The lowest BCUT2D eigenvalue weighted by molar-refractivity contribution is -0.141. The summed E-state index contributed by atoms with van der Waals surface area (Å²) in [7, 11) is 0. The minimum absolute atomic E-state index is 0.183. The molecule has 0 aliphatic carbocycles. The molecule has 1 N–H and O–H groups in total. The lowest BCUT2D eigenvalue weighted by Crippen LogP contribution is -2.22. The van der Waals surface area contributed by atoms with Crippen LogP contribution >= 0.6 is 0 Å². The SMILES string of the molecule is O=C(O)C1CCN(Cc2ccc(F)c(Oc3ccccc3)c2)C1. The summed E-state index contributed by atoms with van der Waals surface area (Å²) in [5, 5.41) is 9.05. The van der Waals surface area contributed by atoms with Crippen molar-refractivity contribution in [2.45, 2.75) is 13.0 Å². The number of rotatable bonds is 5. The average molecular weight is 315 g/mol. The van der Waals surface area contributed by atoms with Crippen LogP contribution in [-0.4, -0.2) is 29.1 Å². The van der Waals surface area contributed by atoms with Crippen LogP contribution < -0.4 is 4.74 Å². The maximum Gasteiger partial charge on any atom is 0.307 e. The first-order valence-corrected chi connectivity index (χ1v) is 7.58. The highest BCUT2D eigenvalue weighted by atomic mass is 19.1. The second-order valence-electron chi connectivity index (χ2n) is 5.74. The van der Waals surface area contributed by atoms with E-state index in [9.17, 15) is 9.18 Å². The van der Waals surface area contributed by atoms with Gasteiger partial charge in [0.1, 0.15) is 5.75 Å². The number of para-hydroxylation sites is 1. The molecule has 2 aromatic rings. The van der Waals surface area contributed by atoms with Crippen LogP contribution in [0.3, 0.4) is 0 Å². The van der Waals surface area contributed by atoms with Gasteiger partial charge in [0.2, 0.25) is 0 Å². The number of likely N-dealkylation sites (tertiary alicyclic amines) is 1. The van der Waals surface area contributed by atoms with E-state index in [1.807, 2.05) is 18.2 Å². The summed E-state index contributed by atoms with van der Waals surface area (Å²) >= 11 is 0. The molecule has 0 spiro atoms. The fraction of sp³-hybridized carbons (Fsp3) is 0.278. The minimum atomic E-state index is -0.750. The maximum atomic E-state index is 13.9. The number of halogens is 1. The molecule has 23 heavy (non-hydrogen) atoms. The summed E-state index contributed by atoms with van der Waals surface area (Å²) in [4.78, 5) is 13.1. The zero-order valence-corrected chi connectivity index (χ0v) is 12.6. The Bertz CT molecular complexity index is 690.